The zero-order valence-corrected chi connectivity index (χ0v) is 12.0. The maximum absolute atomic E-state index is 12.5. The highest BCUT2D eigenvalue weighted by atomic mass is 16.4. The zero-order chi connectivity index (χ0) is 14.8. The van der Waals surface area contributed by atoms with Crippen LogP contribution in [0.2, 0.25) is 0 Å². The first kappa shape index (κ1) is 14.1. The van der Waals surface area contributed by atoms with E-state index >= 15 is 0 Å². The Balaban J connectivity index is 1.69. The molecule has 2 atom stereocenters. The molecule has 0 radical (unpaired) electrons. The summed E-state index contributed by atoms with van der Waals surface area (Å²) in [4.78, 5) is 24.1. The number of amides is 1. The minimum atomic E-state index is -0.802. The normalized spacial score (nSPS) is 30.9. The van der Waals surface area contributed by atoms with E-state index < -0.39 is 11.9 Å². The molecule has 4 nitrogen and oxygen atoms in total. The maximum atomic E-state index is 12.5. The number of rotatable bonds is 4. The quantitative estimate of drug-likeness (QED) is 0.894. The van der Waals surface area contributed by atoms with E-state index in [0.717, 1.165) is 31.2 Å². The lowest BCUT2D eigenvalue weighted by molar-refractivity contribution is -0.158. The van der Waals surface area contributed by atoms with Gasteiger partial charge in [-0.2, -0.15) is 0 Å². The predicted octanol–water partition coefficient (Wildman–Crippen LogP) is 2.44. The van der Waals surface area contributed by atoms with E-state index in [2.05, 4.69) is 5.32 Å². The molecule has 1 aromatic rings. The lowest BCUT2D eigenvalue weighted by Crippen LogP contribution is -2.50. The van der Waals surface area contributed by atoms with Crippen molar-refractivity contribution in [2.75, 3.05) is 0 Å². The van der Waals surface area contributed by atoms with Gasteiger partial charge in [-0.05, 0) is 43.1 Å². The lowest BCUT2D eigenvalue weighted by atomic mass is 9.58. The fourth-order valence-corrected chi connectivity index (χ4v) is 4.08. The van der Waals surface area contributed by atoms with Crippen molar-refractivity contribution in [3.05, 3.63) is 35.9 Å². The van der Waals surface area contributed by atoms with Crippen molar-refractivity contribution >= 4 is 11.9 Å². The number of hydrogen-bond donors (Lipinski definition) is 2. The summed E-state index contributed by atoms with van der Waals surface area (Å²) in [5, 5.41) is 12.4. The molecule has 4 heteroatoms. The fourth-order valence-electron chi connectivity index (χ4n) is 4.08. The van der Waals surface area contributed by atoms with Crippen molar-refractivity contribution in [3.63, 3.8) is 0 Å². The average Bonchev–Trinajstić information content (AvgIpc) is 2.53. The minimum absolute atomic E-state index is 0.0827. The number of carboxylic acid groups (broad SMARTS) is 1. The summed E-state index contributed by atoms with van der Waals surface area (Å²) < 4.78 is 0. The van der Waals surface area contributed by atoms with Gasteiger partial charge in [0.1, 0.15) is 0 Å². The molecule has 0 saturated heterocycles. The largest absolute Gasteiger partial charge is 0.481 e. The third kappa shape index (κ3) is 2.80. The summed E-state index contributed by atoms with van der Waals surface area (Å²) >= 11 is 0. The maximum Gasteiger partial charge on any atom is 0.307 e. The summed E-state index contributed by atoms with van der Waals surface area (Å²) in [5.74, 6) is -1.30. The van der Waals surface area contributed by atoms with Gasteiger partial charge in [-0.15, -0.1) is 0 Å². The number of hydrogen-bond acceptors (Lipinski definition) is 2. The Labute approximate surface area is 124 Å². The number of fused-ring (bicyclic) bond motifs is 3. The third-order valence-corrected chi connectivity index (χ3v) is 5.12. The summed E-state index contributed by atoms with van der Waals surface area (Å²) in [6.07, 6.45) is 3.92. The van der Waals surface area contributed by atoms with E-state index in [4.69, 9.17) is 0 Å². The molecule has 3 saturated carbocycles. The summed E-state index contributed by atoms with van der Waals surface area (Å²) in [6, 6.07) is 9.73. The second kappa shape index (κ2) is 5.88. The summed E-state index contributed by atoms with van der Waals surface area (Å²) in [7, 11) is 0. The number of aliphatic carboxylic acids is 1. The first-order valence-corrected chi connectivity index (χ1v) is 7.71. The van der Waals surface area contributed by atoms with Crippen LogP contribution in [0, 0.1) is 23.7 Å². The Morgan fingerprint density at radius 2 is 1.57 bits per heavy atom. The summed E-state index contributed by atoms with van der Waals surface area (Å²) in [6.45, 7) is 0.472. The van der Waals surface area contributed by atoms with Crippen LogP contribution in [0.15, 0.2) is 30.3 Å². The van der Waals surface area contributed by atoms with Crippen molar-refractivity contribution in [1.82, 2.24) is 5.32 Å². The number of carbonyl (C=O) groups is 2. The van der Waals surface area contributed by atoms with Crippen molar-refractivity contribution < 1.29 is 14.7 Å². The van der Waals surface area contributed by atoms with Crippen molar-refractivity contribution in [3.8, 4) is 0 Å². The number of benzene rings is 1. The predicted molar refractivity (Wildman–Crippen MR) is 78.4 cm³/mol. The van der Waals surface area contributed by atoms with Gasteiger partial charge in [-0.1, -0.05) is 30.3 Å². The van der Waals surface area contributed by atoms with E-state index in [1.165, 1.54) is 0 Å². The molecule has 3 fully saturated rings. The van der Waals surface area contributed by atoms with Crippen LogP contribution >= 0.6 is 0 Å². The first-order valence-electron chi connectivity index (χ1n) is 7.71. The molecule has 0 spiro atoms. The standard InChI is InChI=1S/C17H21NO3/c19-16(18-10-11-4-2-1-3-5-11)14-12-6-8-13(9-7-12)15(14)17(20)21/h1-5,12-15H,6-10H2,(H,18,19)(H,20,21)/t12?,13?,14-,15+/m1/s1. The Kier molecular flexibility index (Phi) is 3.95. The van der Waals surface area contributed by atoms with E-state index in [-0.39, 0.29) is 23.7 Å². The Morgan fingerprint density at radius 1 is 1.00 bits per heavy atom. The van der Waals surface area contributed by atoms with Crippen LogP contribution in [0.1, 0.15) is 31.2 Å². The zero-order valence-electron chi connectivity index (χ0n) is 12.0. The Hall–Kier alpha value is -1.84. The first-order chi connectivity index (χ1) is 10.2. The average molecular weight is 287 g/mol. The van der Waals surface area contributed by atoms with Gasteiger partial charge in [0.05, 0.1) is 11.8 Å². The number of carboxylic acids is 1. The number of carbonyl (C=O) groups excluding carboxylic acids is 1. The molecule has 3 aliphatic carbocycles. The molecule has 1 aromatic carbocycles. The second-order valence-electron chi connectivity index (χ2n) is 6.27. The van der Waals surface area contributed by atoms with Crippen molar-refractivity contribution in [1.29, 1.82) is 0 Å². The molecule has 2 N–H and O–H groups in total. The van der Waals surface area contributed by atoms with Gasteiger partial charge in [0.2, 0.25) is 5.91 Å². The van der Waals surface area contributed by atoms with Crippen LogP contribution < -0.4 is 5.32 Å². The highest BCUT2D eigenvalue weighted by molar-refractivity contribution is 5.85. The second-order valence-corrected chi connectivity index (χ2v) is 6.27. The molecule has 112 valence electrons. The van der Waals surface area contributed by atoms with Crippen LogP contribution in [0.25, 0.3) is 0 Å². The molecule has 0 heterocycles. The number of nitrogens with one attached hydrogen (secondary N) is 1. The molecule has 21 heavy (non-hydrogen) atoms. The van der Waals surface area contributed by atoms with Crippen molar-refractivity contribution in [2.24, 2.45) is 23.7 Å². The van der Waals surface area contributed by atoms with Crippen molar-refractivity contribution in [2.45, 2.75) is 32.2 Å². The summed E-state index contributed by atoms with van der Waals surface area (Å²) in [5.41, 5.74) is 1.04. The third-order valence-electron chi connectivity index (χ3n) is 5.12. The monoisotopic (exact) mass is 287 g/mol. The Bertz CT molecular complexity index is 520. The van der Waals surface area contributed by atoms with E-state index in [1.807, 2.05) is 30.3 Å². The van der Waals surface area contributed by atoms with E-state index in [9.17, 15) is 14.7 Å². The highest BCUT2D eigenvalue weighted by Gasteiger charge is 2.50. The molecular weight excluding hydrogens is 266 g/mol. The van der Waals surface area contributed by atoms with E-state index in [1.54, 1.807) is 0 Å². The SMILES string of the molecule is O=C(NCc1ccccc1)[C@@H]1C2CCC(CC2)[C@@H]1C(=O)O. The van der Waals surface area contributed by atoms with Crippen LogP contribution in [0.4, 0.5) is 0 Å². The molecule has 2 bridgehead atoms. The topological polar surface area (TPSA) is 66.4 Å². The van der Waals surface area contributed by atoms with Gasteiger partial charge >= 0.3 is 5.97 Å². The molecular formula is C17H21NO3. The van der Waals surface area contributed by atoms with Gasteiger partial charge in [0, 0.05) is 6.54 Å². The van der Waals surface area contributed by atoms with Gasteiger partial charge < -0.3 is 10.4 Å². The molecule has 1 amide bonds. The van der Waals surface area contributed by atoms with Gasteiger partial charge in [0.25, 0.3) is 0 Å². The van der Waals surface area contributed by atoms with Crippen LogP contribution in [-0.2, 0) is 16.1 Å². The molecule has 4 rings (SSSR count). The smallest absolute Gasteiger partial charge is 0.307 e. The van der Waals surface area contributed by atoms with Crippen LogP contribution in [-0.4, -0.2) is 17.0 Å². The van der Waals surface area contributed by atoms with Crippen LogP contribution in [0.3, 0.4) is 0 Å². The Morgan fingerprint density at radius 3 is 2.14 bits per heavy atom. The molecule has 0 unspecified atom stereocenters. The minimum Gasteiger partial charge on any atom is -0.481 e. The highest BCUT2D eigenvalue weighted by Crippen LogP contribution is 2.49. The van der Waals surface area contributed by atoms with Gasteiger partial charge in [-0.3, -0.25) is 9.59 Å². The lowest BCUT2D eigenvalue weighted by Gasteiger charge is -2.45. The van der Waals surface area contributed by atoms with E-state index in [0.29, 0.717) is 6.54 Å². The molecule has 0 aliphatic heterocycles. The molecule has 0 aromatic heterocycles. The van der Waals surface area contributed by atoms with Crippen LogP contribution in [0.5, 0.6) is 0 Å². The van der Waals surface area contributed by atoms with Gasteiger partial charge in [0.15, 0.2) is 0 Å². The van der Waals surface area contributed by atoms with Gasteiger partial charge in [-0.25, -0.2) is 0 Å². The molecule has 3 aliphatic rings. The fraction of sp³-hybridized carbons (Fsp3) is 0.529.